The molecular formula is C34H26N4S. The number of anilines is 1. The second kappa shape index (κ2) is 10.9. The lowest BCUT2D eigenvalue weighted by Crippen LogP contribution is -2.18. The van der Waals surface area contributed by atoms with Gasteiger partial charge in [0.2, 0.25) is 0 Å². The van der Waals surface area contributed by atoms with Crippen LogP contribution in [0.4, 0.5) is 5.69 Å². The standard InChI is InChI=1S/C34H26N4S/c1-24-12-16-27(17-13-24)32-23-39-34(36-32)29(22-35)20-25-14-18-30(19-15-25)38-33(28-10-6-3-7-11-28)21-31(37-38)26-8-4-2-5-9-26/h2-20,23,33H,21H2,1H3. The molecule has 4 nitrogen and oxygen atoms in total. The van der Waals surface area contributed by atoms with E-state index in [4.69, 9.17) is 10.1 Å². The van der Waals surface area contributed by atoms with Gasteiger partial charge in [0.1, 0.15) is 11.1 Å². The van der Waals surface area contributed by atoms with E-state index in [0.29, 0.717) is 5.57 Å². The van der Waals surface area contributed by atoms with Crippen molar-refractivity contribution in [2.75, 3.05) is 5.01 Å². The molecule has 5 aromatic rings. The number of aryl methyl sites for hydroxylation is 1. The fourth-order valence-electron chi connectivity index (χ4n) is 4.77. The summed E-state index contributed by atoms with van der Waals surface area (Å²) in [5.41, 5.74) is 9.13. The van der Waals surface area contributed by atoms with E-state index in [2.05, 4.69) is 103 Å². The molecule has 188 valence electrons. The second-order valence-electron chi connectivity index (χ2n) is 9.55. The Balaban J connectivity index is 1.28. The number of rotatable bonds is 6. The Morgan fingerprint density at radius 3 is 2.26 bits per heavy atom. The molecule has 0 spiro atoms. The number of hydrogen-bond acceptors (Lipinski definition) is 5. The van der Waals surface area contributed by atoms with Gasteiger partial charge in [-0.05, 0) is 41.8 Å². The first kappa shape index (κ1) is 24.5. The van der Waals surface area contributed by atoms with Crippen LogP contribution in [0.5, 0.6) is 0 Å². The summed E-state index contributed by atoms with van der Waals surface area (Å²) in [4.78, 5) is 4.74. The van der Waals surface area contributed by atoms with Gasteiger partial charge in [0.15, 0.2) is 0 Å². The predicted molar refractivity (Wildman–Crippen MR) is 161 cm³/mol. The third-order valence-corrected chi connectivity index (χ3v) is 7.75. The van der Waals surface area contributed by atoms with Crippen LogP contribution in [0.2, 0.25) is 0 Å². The molecule has 0 saturated heterocycles. The molecule has 1 aromatic heterocycles. The number of hydrazone groups is 1. The lowest BCUT2D eigenvalue weighted by molar-refractivity contribution is 0.709. The smallest absolute Gasteiger partial charge is 0.134 e. The van der Waals surface area contributed by atoms with Crippen LogP contribution >= 0.6 is 11.3 Å². The fraction of sp³-hybridized carbons (Fsp3) is 0.0882. The zero-order valence-corrected chi connectivity index (χ0v) is 22.3. The van der Waals surface area contributed by atoms with Crippen LogP contribution in [0.1, 0.15) is 39.7 Å². The highest BCUT2D eigenvalue weighted by molar-refractivity contribution is 7.11. The summed E-state index contributed by atoms with van der Waals surface area (Å²) in [7, 11) is 0. The van der Waals surface area contributed by atoms with E-state index in [1.165, 1.54) is 22.5 Å². The first-order valence-corrected chi connectivity index (χ1v) is 13.8. The molecule has 0 bridgehead atoms. The number of nitriles is 1. The Labute approximate surface area is 232 Å². The van der Waals surface area contributed by atoms with Crippen molar-refractivity contribution in [2.45, 2.75) is 19.4 Å². The Morgan fingerprint density at radius 2 is 1.56 bits per heavy atom. The lowest BCUT2D eigenvalue weighted by Gasteiger charge is -2.24. The number of hydrogen-bond donors (Lipinski definition) is 0. The first-order chi connectivity index (χ1) is 19.2. The Bertz CT molecular complexity index is 1680. The van der Waals surface area contributed by atoms with E-state index >= 15 is 0 Å². The van der Waals surface area contributed by atoms with Gasteiger partial charge in [0.05, 0.1) is 28.7 Å². The maximum atomic E-state index is 9.90. The molecule has 0 radical (unpaired) electrons. The SMILES string of the molecule is Cc1ccc(-c2csc(C(C#N)=Cc3ccc(N4N=C(c5ccccc5)CC4c4ccccc4)cc3)n2)cc1. The molecule has 0 fully saturated rings. The minimum absolute atomic E-state index is 0.119. The number of benzene rings is 4. The van der Waals surface area contributed by atoms with Gasteiger partial charge >= 0.3 is 0 Å². The monoisotopic (exact) mass is 522 g/mol. The summed E-state index contributed by atoms with van der Waals surface area (Å²) in [5.74, 6) is 0. The van der Waals surface area contributed by atoms with Crippen molar-refractivity contribution in [3.8, 4) is 17.3 Å². The summed E-state index contributed by atoms with van der Waals surface area (Å²) < 4.78 is 0. The topological polar surface area (TPSA) is 52.3 Å². The van der Waals surface area contributed by atoms with Crippen molar-refractivity contribution in [3.63, 3.8) is 0 Å². The summed E-state index contributed by atoms with van der Waals surface area (Å²) in [6, 6.07) is 39.9. The van der Waals surface area contributed by atoms with Crippen LogP contribution in [0.25, 0.3) is 22.9 Å². The Hall–Kier alpha value is -4.79. The van der Waals surface area contributed by atoms with Crippen LogP contribution < -0.4 is 5.01 Å². The average Bonchev–Trinajstić information content (AvgIpc) is 3.66. The van der Waals surface area contributed by atoms with E-state index < -0.39 is 0 Å². The minimum Gasteiger partial charge on any atom is -0.257 e. The molecule has 4 aromatic carbocycles. The third-order valence-electron chi connectivity index (χ3n) is 6.87. The van der Waals surface area contributed by atoms with Crippen molar-refractivity contribution in [2.24, 2.45) is 5.10 Å². The summed E-state index contributed by atoms with van der Waals surface area (Å²) in [5, 5.41) is 19.8. The molecule has 1 aliphatic heterocycles. The zero-order valence-electron chi connectivity index (χ0n) is 21.5. The van der Waals surface area contributed by atoms with Crippen molar-refractivity contribution in [1.29, 1.82) is 5.26 Å². The molecule has 2 heterocycles. The predicted octanol–water partition coefficient (Wildman–Crippen LogP) is 8.54. The highest BCUT2D eigenvalue weighted by atomic mass is 32.1. The maximum Gasteiger partial charge on any atom is 0.134 e. The number of thiazole rings is 1. The van der Waals surface area contributed by atoms with Crippen LogP contribution in [-0.2, 0) is 0 Å². The van der Waals surface area contributed by atoms with Gasteiger partial charge in [-0.2, -0.15) is 10.4 Å². The van der Waals surface area contributed by atoms with Gasteiger partial charge in [0.25, 0.3) is 0 Å². The van der Waals surface area contributed by atoms with Crippen molar-refractivity contribution in [1.82, 2.24) is 4.98 Å². The quantitative estimate of drug-likeness (QED) is 0.210. The zero-order chi connectivity index (χ0) is 26.6. The van der Waals surface area contributed by atoms with E-state index in [0.717, 1.165) is 45.2 Å². The molecule has 1 aliphatic rings. The van der Waals surface area contributed by atoms with Crippen molar-refractivity contribution < 1.29 is 0 Å². The normalized spacial score (nSPS) is 15.2. The molecule has 1 atom stereocenters. The summed E-state index contributed by atoms with van der Waals surface area (Å²) in [6.07, 6.45) is 2.74. The highest BCUT2D eigenvalue weighted by Crippen LogP contribution is 2.37. The van der Waals surface area contributed by atoms with Crippen molar-refractivity contribution >= 4 is 34.4 Å². The van der Waals surface area contributed by atoms with Crippen molar-refractivity contribution in [3.05, 3.63) is 142 Å². The third kappa shape index (κ3) is 5.29. The van der Waals surface area contributed by atoms with Crippen LogP contribution in [0.15, 0.2) is 120 Å². The molecule has 0 N–H and O–H groups in total. The van der Waals surface area contributed by atoms with E-state index in [1.807, 2.05) is 35.7 Å². The van der Waals surface area contributed by atoms with Crippen LogP contribution in [-0.4, -0.2) is 10.7 Å². The largest absolute Gasteiger partial charge is 0.257 e. The second-order valence-corrected chi connectivity index (χ2v) is 10.4. The fourth-order valence-corrected chi connectivity index (χ4v) is 5.57. The van der Waals surface area contributed by atoms with E-state index in [1.54, 1.807) is 0 Å². The van der Waals surface area contributed by atoms with Gasteiger partial charge in [-0.1, -0.05) is 103 Å². The van der Waals surface area contributed by atoms with Gasteiger partial charge in [0, 0.05) is 17.4 Å². The first-order valence-electron chi connectivity index (χ1n) is 12.9. The highest BCUT2D eigenvalue weighted by Gasteiger charge is 2.29. The molecule has 0 amide bonds. The van der Waals surface area contributed by atoms with Gasteiger partial charge in [-0.25, -0.2) is 4.98 Å². The molecule has 6 rings (SSSR count). The number of allylic oxidation sites excluding steroid dienone is 1. The molecular weight excluding hydrogens is 496 g/mol. The molecule has 1 unspecified atom stereocenters. The maximum absolute atomic E-state index is 9.90. The summed E-state index contributed by atoms with van der Waals surface area (Å²) in [6.45, 7) is 2.07. The van der Waals surface area contributed by atoms with Gasteiger partial charge in [-0.3, -0.25) is 5.01 Å². The average molecular weight is 523 g/mol. The van der Waals surface area contributed by atoms with Crippen LogP contribution in [0.3, 0.4) is 0 Å². The van der Waals surface area contributed by atoms with Gasteiger partial charge < -0.3 is 0 Å². The minimum atomic E-state index is 0.119. The van der Waals surface area contributed by atoms with Crippen LogP contribution in [0, 0.1) is 18.3 Å². The molecule has 0 aliphatic carbocycles. The van der Waals surface area contributed by atoms with E-state index in [-0.39, 0.29) is 6.04 Å². The number of nitrogens with zero attached hydrogens (tertiary/aromatic N) is 4. The Kier molecular flexibility index (Phi) is 6.86. The molecule has 39 heavy (non-hydrogen) atoms. The molecule has 0 saturated carbocycles. The van der Waals surface area contributed by atoms with E-state index in [9.17, 15) is 5.26 Å². The van der Waals surface area contributed by atoms with Gasteiger partial charge in [-0.15, -0.1) is 11.3 Å². The number of aromatic nitrogens is 1. The molecule has 5 heteroatoms. The lowest BCUT2D eigenvalue weighted by atomic mass is 9.98. The Morgan fingerprint density at radius 1 is 0.872 bits per heavy atom. The summed E-state index contributed by atoms with van der Waals surface area (Å²) >= 11 is 1.49.